The maximum Gasteiger partial charge on any atom is 0.272 e. The van der Waals surface area contributed by atoms with Crippen molar-refractivity contribution in [1.82, 2.24) is 15.1 Å². The van der Waals surface area contributed by atoms with Gasteiger partial charge in [-0.3, -0.25) is 14.3 Å². The molecule has 0 aliphatic rings. The number of nitrogens with two attached hydrogens (primary N) is 2. The Kier molecular flexibility index (Phi) is 2.88. The Hall–Kier alpha value is -2.05. The average molecular weight is 225 g/mol. The number of anilines is 1. The molecular weight excluding hydrogens is 210 g/mol. The molecule has 0 radical (unpaired) electrons. The van der Waals surface area contributed by atoms with Crippen LogP contribution in [0.1, 0.15) is 24.3 Å². The Bertz CT molecular complexity index is 416. The second-order valence-corrected chi connectivity index (χ2v) is 4.02. The van der Waals surface area contributed by atoms with Gasteiger partial charge in [-0.25, -0.2) is 0 Å². The predicted molar refractivity (Wildman–Crippen MR) is 58.4 cm³/mol. The molecule has 88 valence electrons. The summed E-state index contributed by atoms with van der Waals surface area (Å²) in [6.45, 7) is 3.03. The lowest BCUT2D eigenvalue weighted by molar-refractivity contribution is -0.122. The highest BCUT2D eigenvalue weighted by molar-refractivity contribution is 6.00. The zero-order valence-electron chi connectivity index (χ0n) is 9.44. The first-order valence-corrected chi connectivity index (χ1v) is 4.65. The van der Waals surface area contributed by atoms with E-state index in [0.29, 0.717) is 0 Å². The summed E-state index contributed by atoms with van der Waals surface area (Å²) in [7, 11) is 1.59. The Morgan fingerprint density at radius 3 is 2.44 bits per heavy atom. The Labute approximate surface area is 92.8 Å². The molecule has 7 heteroatoms. The summed E-state index contributed by atoms with van der Waals surface area (Å²) in [5, 5.41) is 6.31. The van der Waals surface area contributed by atoms with E-state index >= 15 is 0 Å². The molecule has 0 aliphatic carbocycles. The van der Waals surface area contributed by atoms with Gasteiger partial charge in [0.15, 0.2) is 0 Å². The van der Waals surface area contributed by atoms with Gasteiger partial charge >= 0.3 is 0 Å². The molecule has 2 amide bonds. The first kappa shape index (κ1) is 12.0. The van der Waals surface area contributed by atoms with Crippen LogP contribution in [0.2, 0.25) is 0 Å². The molecule has 16 heavy (non-hydrogen) atoms. The summed E-state index contributed by atoms with van der Waals surface area (Å²) < 4.78 is 1.34. The molecule has 0 atom stereocenters. The van der Waals surface area contributed by atoms with Crippen LogP contribution in [0.4, 0.5) is 5.69 Å². The standard InChI is InChI=1S/C9H15N5O2/c1-9(2,8(11)16)13-7(15)6-5(10)4-12-14(6)3/h4H,10H2,1-3H3,(H2,11,16)(H,13,15). The summed E-state index contributed by atoms with van der Waals surface area (Å²) in [5.74, 6) is -1.11. The maximum absolute atomic E-state index is 11.8. The summed E-state index contributed by atoms with van der Waals surface area (Å²) in [6.07, 6.45) is 1.37. The number of rotatable bonds is 3. The number of primary amides is 1. The summed E-state index contributed by atoms with van der Waals surface area (Å²) in [6, 6.07) is 0. The quantitative estimate of drug-likeness (QED) is 0.611. The number of nitrogens with one attached hydrogen (secondary N) is 1. The number of aromatic nitrogens is 2. The minimum Gasteiger partial charge on any atom is -0.396 e. The van der Waals surface area contributed by atoms with Crippen LogP contribution in [0, 0.1) is 0 Å². The van der Waals surface area contributed by atoms with Crippen molar-refractivity contribution in [3.05, 3.63) is 11.9 Å². The zero-order valence-corrected chi connectivity index (χ0v) is 9.44. The molecule has 0 bridgehead atoms. The van der Waals surface area contributed by atoms with E-state index in [4.69, 9.17) is 11.5 Å². The van der Waals surface area contributed by atoms with E-state index in [0.717, 1.165) is 0 Å². The van der Waals surface area contributed by atoms with E-state index in [1.54, 1.807) is 7.05 Å². The SMILES string of the molecule is Cn1ncc(N)c1C(=O)NC(C)(C)C(N)=O. The molecular formula is C9H15N5O2. The Morgan fingerprint density at radius 1 is 1.50 bits per heavy atom. The van der Waals surface area contributed by atoms with Gasteiger partial charge in [-0.05, 0) is 13.8 Å². The van der Waals surface area contributed by atoms with E-state index in [1.165, 1.54) is 24.7 Å². The van der Waals surface area contributed by atoms with Crippen molar-refractivity contribution < 1.29 is 9.59 Å². The molecule has 1 heterocycles. The number of carbonyl (C=O) groups excluding carboxylic acids is 2. The molecule has 0 unspecified atom stereocenters. The number of hydrogen-bond donors (Lipinski definition) is 3. The summed E-state index contributed by atoms with van der Waals surface area (Å²) >= 11 is 0. The number of aryl methyl sites for hydroxylation is 1. The van der Waals surface area contributed by atoms with Crippen molar-refractivity contribution in [3.63, 3.8) is 0 Å². The second-order valence-electron chi connectivity index (χ2n) is 4.02. The zero-order chi connectivity index (χ0) is 12.5. The number of amides is 2. The molecule has 1 aromatic rings. The van der Waals surface area contributed by atoms with Crippen LogP contribution >= 0.6 is 0 Å². The molecule has 5 N–H and O–H groups in total. The van der Waals surface area contributed by atoms with Crippen LogP contribution in [0.25, 0.3) is 0 Å². The van der Waals surface area contributed by atoms with Gasteiger partial charge in [-0.15, -0.1) is 0 Å². The molecule has 0 saturated heterocycles. The molecule has 0 aromatic carbocycles. The normalized spacial score (nSPS) is 11.2. The van der Waals surface area contributed by atoms with Crippen molar-refractivity contribution in [2.45, 2.75) is 19.4 Å². The van der Waals surface area contributed by atoms with E-state index < -0.39 is 17.4 Å². The van der Waals surface area contributed by atoms with Gasteiger partial charge in [0.05, 0.1) is 11.9 Å². The van der Waals surface area contributed by atoms with Gasteiger partial charge in [0.2, 0.25) is 5.91 Å². The third-order valence-electron chi connectivity index (χ3n) is 2.22. The minimum atomic E-state index is -1.13. The lowest BCUT2D eigenvalue weighted by Gasteiger charge is -2.22. The van der Waals surface area contributed by atoms with E-state index in [1.807, 2.05) is 0 Å². The lowest BCUT2D eigenvalue weighted by atomic mass is 10.0. The van der Waals surface area contributed by atoms with Crippen molar-refractivity contribution in [1.29, 1.82) is 0 Å². The van der Waals surface area contributed by atoms with Gasteiger partial charge in [0.1, 0.15) is 11.2 Å². The molecule has 1 rings (SSSR count). The highest BCUT2D eigenvalue weighted by atomic mass is 16.2. The van der Waals surface area contributed by atoms with Crippen LogP contribution in [0.5, 0.6) is 0 Å². The van der Waals surface area contributed by atoms with E-state index in [2.05, 4.69) is 10.4 Å². The van der Waals surface area contributed by atoms with Crippen molar-refractivity contribution in [3.8, 4) is 0 Å². The first-order chi connectivity index (χ1) is 7.25. The molecule has 0 fully saturated rings. The smallest absolute Gasteiger partial charge is 0.272 e. The van der Waals surface area contributed by atoms with Crippen LogP contribution in [-0.4, -0.2) is 27.1 Å². The number of hydrogen-bond acceptors (Lipinski definition) is 4. The monoisotopic (exact) mass is 225 g/mol. The largest absolute Gasteiger partial charge is 0.396 e. The first-order valence-electron chi connectivity index (χ1n) is 4.65. The van der Waals surface area contributed by atoms with Crippen LogP contribution in [0.3, 0.4) is 0 Å². The molecule has 0 aliphatic heterocycles. The molecule has 0 saturated carbocycles. The van der Waals surface area contributed by atoms with E-state index in [9.17, 15) is 9.59 Å². The lowest BCUT2D eigenvalue weighted by Crippen LogP contribution is -2.53. The van der Waals surface area contributed by atoms with Gasteiger partial charge in [0, 0.05) is 7.05 Å². The number of nitrogen functional groups attached to an aromatic ring is 1. The van der Waals surface area contributed by atoms with E-state index in [-0.39, 0.29) is 11.4 Å². The summed E-state index contributed by atoms with van der Waals surface area (Å²) in [5.41, 5.74) is 10.0. The molecule has 1 aromatic heterocycles. The van der Waals surface area contributed by atoms with Gasteiger partial charge in [-0.2, -0.15) is 5.10 Å². The fourth-order valence-corrected chi connectivity index (χ4v) is 1.14. The Balaban J connectivity index is 2.93. The molecule has 7 nitrogen and oxygen atoms in total. The van der Waals surface area contributed by atoms with Crippen molar-refractivity contribution in [2.75, 3.05) is 5.73 Å². The number of nitrogens with zero attached hydrogens (tertiary/aromatic N) is 2. The highest BCUT2D eigenvalue weighted by Gasteiger charge is 2.29. The third kappa shape index (κ3) is 2.13. The fourth-order valence-electron chi connectivity index (χ4n) is 1.14. The van der Waals surface area contributed by atoms with Crippen LogP contribution in [-0.2, 0) is 11.8 Å². The van der Waals surface area contributed by atoms with Crippen LogP contribution in [0.15, 0.2) is 6.20 Å². The highest BCUT2D eigenvalue weighted by Crippen LogP contribution is 2.11. The van der Waals surface area contributed by atoms with Crippen LogP contribution < -0.4 is 16.8 Å². The van der Waals surface area contributed by atoms with Crippen molar-refractivity contribution in [2.24, 2.45) is 12.8 Å². The topological polar surface area (TPSA) is 116 Å². The third-order valence-corrected chi connectivity index (χ3v) is 2.22. The molecule has 0 spiro atoms. The Morgan fingerprint density at radius 2 is 2.06 bits per heavy atom. The summed E-state index contributed by atoms with van der Waals surface area (Å²) in [4.78, 5) is 22.9. The number of carbonyl (C=O) groups is 2. The van der Waals surface area contributed by atoms with Gasteiger partial charge in [0.25, 0.3) is 5.91 Å². The fraction of sp³-hybridized carbons (Fsp3) is 0.444. The van der Waals surface area contributed by atoms with Gasteiger partial charge in [-0.1, -0.05) is 0 Å². The average Bonchev–Trinajstić information content (AvgIpc) is 2.44. The maximum atomic E-state index is 11.8. The predicted octanol–water partition coefficient (Wildman–Crippen LogP) is -1.00. The minimum absolute atomic E-state index is 0.203. The second kappa shape index (κ2) is 3.84. The van der Waals surface area contributed by atoms with Gasteiger partial charge < -0.3 is 16.8 Å². The van der Waals surface area contributed by atoms with Crippen molar-refractivity contribution >= 4 is 17.5 Å².